The second-order valence-corrected chi connectivity index (χ2v) is 5.20. The summed E-state index contributed by atoms with van der Waals surface area (Å²) in [6.45, 7) is 0. The third-order valence-electron chi connectivity index (χ3n) is 1.73. The van der Waals surface area contributed by atoms with Gasteiger partial charge in [0.05, 0.1) is 0 Å². The molecule has 1 unspecified atom stereocenters. The van der Waals surface area contributed by atoms with Gasteiger partial charge in [-0.2, -0.15) is 24.9 Å². The smallest absolute Gasteiger partial charge is 0.273 e. The maximum atomic E-state index is 10.4. The lowest BCUT2D eigenvalue weighted by Gasteiger charge is -2.12. The molecule has 1 aliphatic heterocycles. The molecule has 0 aromatic rings. The van der Waals surface area contributed by atoms with Gasteiger partial charge in [0.1, 0.15) is 0 Å². The average Bonchev–Trinajstić information content (AvgIpc) is 2.12. The molecule has 0 aliphatic carbocycles. The molecule has 1 heterocycles. The molecule has 0 radical (unpaired) electrons. The van der Waals surface area contributed by atoms with Crippen molar-refractivity contribution in [1.82, 2.24) is 4.72 Å². The predicted octanol–water partition coefficient (Wildman–Crippen LogP) is 0.665. The van der Waals surface area contributed by atoms with Crippen molar-refractivity contribution in [1.29, 1.82) is 0 Å². The normalized spacial score (nSPS) is 26.6. The molecule has 0 bridgehead atoms. The van der Waals surface area contributed by atoms with Crippen molar-refractivity contribution < 1.29 is 13.0 Å². The highest BCUT2D eigenvalue weighted by Crippen LogP contribution is 2.16. The number of hydrogen-bond acceptors (Lipinski definition) is 3. The largest absolute Gasteiger partial charge is 0.333 e. The number of rotatable bonds is 2. The molecule has 1 rings (SSSR count). The Morgan fingerprint density at radius 2 is 2.17 bits per heavy atom. The zero-order valence-electron chi connectivity index (χ0n) is 6.69. The predicted molar refractivity (Wildman–Crippen MR) is 49.6 cm³/mol. The van der Waals surface area contributed by atoms with Crippen LogP contribution in [0.2, 0.25) is 0 Å². The van der Waals surface area contributed by atoms with Gasteiger partial charge in [0.15, 0.2) is 0 Å². The molecule has 1 fully saturated rings. The molecule has 1 aliphatic rings. The van der Waals surface area contributed by atoms with Gasteiger partial charge in [-0.25, -0.2) is 0 Å². The molecule has 1 atom stereocenters. The molecule has 72 valence electrons. The van der Waals surface area contributed by atoms with Crippen molar-refractivity contribution in [2.75, 3.05) is 11.5 Å². The second-order valence-electron chi connectivity index (χ2n) is 2.86. The third-order valence-corrected chi connectivity index (χ3v) is 3.57. The van der Waals surface area contributed by atoms with Gasteiger partial charge in [-0.05, 0) is 18.6 Å². The van der Waals surface area contributed by atoms with E-state index in [1.165, 1.54) is 0 Å². The lowest BCUT2D eigenvalue weighted by molar-refractivity contribution is 0.450. The van der Waals surface area contributed by atoms with Crippen molar-refractivity contribution in [2.45, 2.75) is 25.3 Å². The fraction of sp³-hybridized carbons (Fsp3) is 1.00. The van der Waals surface area contributed by atoms with Crippen LogP contribution in [0.5, 0.6) is 0 Å². The molecule has 0 amide bonds. The van der Waals surface area contributed by atoms with E-state index in [0.29, 0.717) is 0 Å². The topological polar surface area (TPSA) is 66.4 Å². The van der Waals surface area contributed by atoms with E-state index in [9.17, 15) is 8.42 Å². The quantitative estimate of drug-likeness (QED) is 0.659. The van der Waals surface area contributed by atoms with Crippen molar-refractivity contribution in [3.63, 3.8) is 0 Å². The summed E-state index contributed by atoms with van der Waals surface area (Å²) in [5, 5.41) is 0. The highest BCUT2D eigenvalue weighted by molar-refractivity contribution is 7.99. The highest BCUT2D eigenvalue weighted by atomic mass is 32.2. The van der Waals surface area contributed by atoms with Gasteiger partial charge in [0.25, 0.3) is 0 Å². The molecular formula is C6H13NO3S2. The van der Waals surface area contributed by atoms with Crippen molar-refractivity contribution in [3.05, 3.63) is 0 Å². The summed E-state index contributed by atoms with van der Waals surface area (Å²) in [5.41, 5.74) is 0. The van der Waals surface area contributed by atoms with Gasteiger partial charge in [0, 0.05) is 11.8 Å². The van der Waals surface area contributed by atoms with Crippen LogP contribution < -0.4 is 4.72 Å². The number of nitrogens with one attached hydrogen (secondary N) is 1. The van der Waals surface area contributed by atoms with Crippen LogP contribution in [0, 0.1) is 0 Å². The van der Waals surface area contributed by atoms with Crippen molar-refractivity contribution in [2.24, 2.45) is 0 Å². The molecule has 1 saturated heterocycles. The fourth-order valence-electron chi connectivity index (χ4n) is 1.21. The first-order chi connectivity index (χ1) is 5.58. The Hall–Kier alpha value is 0.220. The Morgan fingerprint density at radius 1 is 1.42 bits per heavy atom. The average molecular weight is 211 g/mol. The van der Waals surface area contributed by atoms with Crippen LogP contribution in [-0.2, 0) is 10.3 Å². The summed E-state index contributed by atoms with van der Waals surface area (Å²) < 4.78 is 31.6. The first-order valence-electron chi connectivity index (χ1n) is 3.90. The molecular weight excluding hydrogens is 198 g/mol. The van der Waals surface area contributed by atoms with E-state index < -0.39 is 10.3 Å². The van der Waals surface area contributed by atoms with Gasteiger partial charge in [-0.1, -0.05) is 6.42 Å². The third kappa shape index (κ3) is 4.30. The maximum absolute atomic E-state index is 10.4. The zero-order valence-corrected chi connectivity index (χ0v) is 8.33. The molecule has 0 aromatic carbocycles. The van der Waals surface area contributed by atoms with E-state index in [1.807, 2.05) is 0 Å². The standard InChI is InChI=1S/C6H13NO3S2/c8-12(9,10)7-6-3-1-2-4-11-5-6/h6-7H,1-5H2,(H,8,9,10). The van der Waals surface area contributed by atoms with Crippen LogP contribution in [0.4, 0.5) is 0 Å². The molecule has 0 aromatic heterocycles. The lowest BCUT2D eigenvalue weighted by atomic mass is 10.2. The maximum Gasteiger partial charge on any atom is 0.333 e. The molecule has 6 heteroatoms. The summed E-state index contributed by atoms with van der Waals surface area (Å²) in [7, 11) is -4.00. The highest BCUT2D eigenvalue weighted by Gasteiger charge is 2.16. The minimum absolute atomic E-state index is 0.0903. The van der Waals surface area contributed by atoms with Crippen LogP contribution in [0.3, 0.4) is 0 Å². The van der Waals surface area contributed by atoms with Gasteiger partial charge >= 0.3 is 10.3 Å². The van der Waals surface area contributed by atoms with E-state index in [2.05, 4.69) is 4.72 Å². The van der Waals surface area contributed by atoms with Gasteiger partial charge in [-0.3, -0.25) is 4.55 Å². The molecule has 2 N–H and O–H groups in total. The minimum atomic E-state index is -4.00. The summed E-state index contributed by atoms with van der Waals surface area (Å²) >= 11 is 1.73. The van der Waals surface area contributed by atoms with Crippen LogP contribution in [0.1, 0.15) is 19.3 Å². The van der Waals surface area contributed by atoms with E-state index in [4.69, 9.17) is 4.55 Å². The fourth-order valence-corrected chi connectivity index (χ4v) is 3.04. The molecule has 12 heavy (non-hydrogen) atoms. The lowest BCUT2D eigenvalue weighted by Crippen LogP contribution is -2.35. The Kier molecular flexibility index (Phi) is 3.82. The molecule has 0 spiro atoms. The summed E-state index contributed by atoms with van der Waals surface area (Å²) in [6.07, 6.45) is 2.99. The monoisotopic (exact) mass is 211 g/mol. The summed E-state index contributed by atoms with van der Waals surface area (Å²) in [6, 6.07) is -0.0903. The van der Waals surface area contributed by atoms with Gasteiger partial charge in [0.2, 0.25) is 0 Å². The number of thioether (sulfide) groups is 1. The van der Waals surface area contributed by atoms with E-state index in [0.717, 1.165) is 30.8 Å². The van der Waals surface area contributed by atoms with Crippen LogP contribution in [0.25, 0.3) is 0 Å². The summed E-state index contributed by atoms with van der Waals surface area (Å²) in [4.78, 5) is 0. The first-order valence-corrected chi connectivity index (χ1v) is 6.50. The Balaban J connectivity index is 2.40. The Bertz CT molecular complexity index is 219. The van der Waals surface area contributed by atoms with Crippen molar-refractivity contribution in [3.8, 4) is 0 Å². The van der Waals surface area contributed by atoms with Crippen LogP contribution in [0.15, 0.2) is 0 Å². The van der Waals surface area contributed by atoms with E-state index >= 15 is 0 Å². The van der Waals surface area contributed by atoms with E-state index in [1.54, 1.807) is 11.8 Å². The van der Waals surface area contributed by atoms with Crippen LogP contribution >= 0.6 is 11.8 Å². The molecule has 0 saturated carbocycles. The molecule has 4 nitrogen and oxygen atoms in total. The van der Waals surface area contributed by atoms with Gasteiger partial charge < -0.3 is 0 Å². The Morgan fingerprint density at radius 3 is 2.83 bits per heavy atom. The SMILES string of the molecule is O=S(=O)(O)NC1CCCCSC1. The van der Waals surface area contributed by atoms with Gasteiger partial charge in [-0.15, -0.1) is 0 Å². The number of hydrogen-bond donors (Lipinski definition) is 2. The minimum Gasteiger partial charge on any atom is -0.273 e. The second kappa shape index (κ2) is 4.45. The summed E-state index contributed by atoms with van der Waals surface area (Å²) in [5.74, 6) is 1.85. The Labute approximate surface area is 77.0 Å². The van der Waals surface area contributed by atoms with E-state index in [-0.39, 0.29) is 6.04 Å². The first kappa shape index (κ1) is 10.3. The van der Waals surface area contributed by atoms with Crippen molar-refractivity contribution >= 4 is 22.1 Å². The van der Waals surface area contributed by atoms with Crippen LogP contribution in [-0.4, -0.2) is 30.5 Å². The zero-order chi connectivity index (χ0) is 9.03.